The summed E-state index contributed by atoms with van der Waals surface area (Å²) in [7, 11) is 0. The fourth-order valence-electron chi connectivity index (χ4n) is 0.166. The first-order chi connectivity index (χ1) is 3.92. The van der Waals surface area contributed by atoms with E-state index in [1.165, 1.54) is 0 Å². The van der Waals surface area contributed by atoms with Crippen LogP contribution in [0.1, 0.15) is 0 Å². The highest BCUT2D eigenvalue weighted by Crippen LogP contribution is 2.26. The summed E-state index contributed by atoms with van der Waals surface area (Å²) >= 11 is 15.5. The predicted octanol–water partition coefficient (Wildman–Crippen LogP) is 2.00. The van der Waals surface area contributed by atoms with Crippen LogP contribution >= 0.6 is 34.8 Å². The van der Waals surface area contributed by atoms with Crippen LogP contribution in [0.5, 0.6) is 0 Å². The summed E-state index contributed by atoms with van der Waals surface area (Å²) in [5, 5.41) is 8.01. The van der Waals surface area contributed by atoms with Crippen molar-refractivity contribution in [2.45, 2.75) is 3.79 Å². The zero-order chi connectivity index (χ0) is 7.49. The molecule has 0 saturated heterocycles. The summed E-state index contributed by atoms with van der Waals surface area (Å²) in [6.45, 7) is 0. The van der Waals surface area contributed by atoms with Crippen molar-refractivity contribution in [2.75, 3.05) is 0 Å². The Morgan fingerprint density at radius 1 is 1.44 bits per heavy atom. The van der Waals surface area contributed by atoms with Gasteiger partial charge in [-0.05, 0) is 6.08 Å². The molecule has 0 amide bonds. The van der Waals surface area contributed by atoms with Crippen LogP contribution in [0.25, 0.3) is 0 Å². The molecule has 0 spiro atoms. The van der Waals surface area contributed by atoms with E-state index in [0.29, 0.717) is 0 Å². The average molecular weight is 189 g/mol. The van der Waals surface area contributed by atoms with Gasteiger partial charge >= 0.3 is 5.97 Å². The standard InChI is InChI=1S/C4H3Cl3O2/c5-4(6,7)2-1-3(8)9/h1-2H,(H,8,9)/b2-1-. The van der Waals surface area contributed by atoms with Gasteiger partial charge in [-0.15, -0.1) is 0 Å². The Labute approximate surface area is 67.0 Å². The molecule has 0 saturated carbocycles. The van der Waals surface area contributed by atoms with Crippen LogP contribution in [-0.2, 0) is 4.79 Å². The lowest BCUT2D eigenvalue weighted by atomic mass is 10.5. The van der Waals surface area contributed by atoms with Crippen molar-refractivity contribution in [2.24, 2.45) is 0 Å². The van der Waals surface area contributed by atoms with Crippen LogP contribution in [0.2, 0.25) is 0 Å². The van der Waals surface area contributed by atoms with Crippen molar-refractivity contribution >= 4 is 40.8 Å². The number of halogens is 3. The topological polar surface area (TPSA) is 37.3 Å². The third-order valence-electron chi connectivity index (χ3n) is 0.415. The minimum absolute atomic E-state index is 0.771. The van der Waals surface area contributed by atoms with E-state index in [-0.39, 0.29) is 0 Å². The SMILES string of the molecule is O=C(O)/C=C\C(Cl)(Cl)Cl. The van der Waals surface area contributed by atoms with Gasteiger partial charge < -0.3 is 5.11 Å². The number of carboxylic acid groups (broad SMARTS) is 1. The molecule has 52 valence electrons. The molecule has 0 fully saturated rings. The normalized spacial score (nSPS) is 12.3. The fraction of sp³-hybridized carbons (Fsp3) is 0.250. The Morgan fingerprint density at radius 2 is 1.89 bits per heavy atom. The lowest BCUT2D eigenvalue weighted by Crippen LogP contribution is -1.97. The lowest BCUT2D eigenvalue weighted by Gasteiger charge is -1.99. The molecule has 0 unspecified atom stereocenters. The smallest absolute Gasteiger partial charge is 0.328 e. The van der Waals surface area contributed by atoms with Crippen LogP contribution in [0.4, 0.5) is 0 Å². The summed E-state index contributed by atoms with van der Waals surface area (Å²) < 4.78 is -1.61. The molecule has 0 aromatic rings. The molecule has 0 aromatic heterocycles. The maximum absolute atomic E-state index is 9.78. The average Bonchev–Trinajstić information content (AvgIpc) is 1.59. The van der Waals surface area contributed by atoms with Crippen LogP contribution in [0.15, 0.2) is 12.2 Å². The van der Waals surface area contributed by atoms with Gasteiger partial charge in [0.1, 0.15) is 0 Å². The molecule has 0 aromatic carbocycles. The first-order valence-electron chi connectivity index (χ1n) is 1.91. The molecule has 0 aliphatic heterocycles. The monoisotopic (exact) mass is 188 g/mol. The van der Waals surface area contributed by atoms with E-state index in [0.717, 1.165) is 12.2 Å². The highest BCUT2D eigenvalue weighted by molar-refractivity contribution is 6.69. The van der Waals surface area contributed by atoms with Crippen molar-refractivity contribution in [1.82, 2.24) is 0 Å². The Kier molecular flexibility index (Phi) is 3.33. The van der Waals surface area contributed by atoms with Gasteiger partial charge in [-0.3, -0.25) is 0 Å². The van der Waals surface area contributed by atoms with Gasteiger partial charge in [0, 0.05) is 6.08 Å². The molecule has 0 heterocycles. The number of hydrogen-bond donors (Lipinski definition) is 1. The van der Waals surface area contributed by atoms with E-state index < -0.39 is 9.76 Å². The summed E-state index contributed by atoms with van der Waals surface area (Å²) in [6.07, 6.45) is 1.73. The molecule has 1 N–H and O–H groups in total. The minimum Gasteiger partial charge on any atom is -0.478 e. The van der Waals surface area contributed by atoms with Crippen LogP contribution < -0.4 is 0 Å². The molecule has 9 heavy (non-hydrogen) atoms. The summed E-state index contributed by atoms with van der Waals surface area (Å²) in [6, 6.07) is 0. The first-order valence-corrected chi connectivity index (χ1v) is 3.04. The zero-order valence-electron chi connectivity index (χ0n) is 4.14. The zero-order valence-corrected chi connectivity index (χ0v) is 6.41. The van der Waals surface area contributed by atoms with Crippen molar-refractivity contribution in [3.05, 3.63) is 12.2 Å². The van der Waals surface area contributed by atoms with E-state index >= 15 is 0 Å². The van der Waals surface area contributed by atoms with Crippen molar-refractivity contribution in [1.29, 1.82) is 0 Å². The highest BCUT2D eigenvalue weighted by Gasteiger charge is 2.14. The van der Waals surface area contributed by atoms with Gasteiger partial charge in [0.25, 0.3) is 0 Å². The second-order valence-electron chi connectivity index (χ2n) is 1.21. The predicted molar refractivity (Wildman–Crippen MR) is 37.1 cm³/mol. The lowest BCUT2D eigenvalue weighted by molar-refractivity contribution is -0.131. The van der Waals surface area contributed by atoms with Gasteiger partial charge in [-0.1, -0.05) is 34.8 Å². The molecule has 0 aliphatic rings. The largest absolute Gasteiger partial charge is 0.478 e. The number of alkyl halides is 3. The van der Waals surface area contributed by atoms with Crippen LogP contribution in [0.3, 0.4) is 0 Å². The third kappa shape index (κ3) is 8.08. The Balaban J connectivity index is 3.86. The minimum atomic E-state index is -1.61. The molecule has 0 atom stereocenters. The number of carbonyl (C=O) groups is 1. The summed E-state index contributed by atoms with van der Waals surface area (Å²) in [5.74, 6) is -1.14. The van der Waals surface area contributed by atoms with Crippen molar-refractivity contribution in [3.63, 3.8) is 0 Å². The second-order valence-corrected chi connectivity index (χ2v) is 3.58. The van der Waals surface area contributed by atoms with Gasteiger partial charge in [0.2, 0.25) is 3.79 Å². The molecular formula is C4H3Cl3O2. The van der Waals surface area contributed by atoms with E-state index in [2.05, 4.69) is 0 Å². The third-order valence-corrected chi connectivity index (χ3v) is 0.793. The van der Waals surface area contributed by atoms with Gasteiger partial charge in [0.15, 0.2) is 0 Å². The molecule has 0 radical (unpaired) electrons. The number of carboxylic acids is 1. The fourth-order valence-corrected chi connectivity index (χ4v) is 0.355. The van der Waals surface area contributed by atoms with Crippen LogP contribution in [0, 0.1) is 0 Å². The van der Waals surface area contributed by atoms with Gasteiger partial charge in [-0.2, -0.15) is 0 Å². The van der Waals surface area contributed by atoms with Gasteiger partial charge in [0.05, 0.1) is 0 Å². The molecule has 5 heteroatoms. The van der Waals surface area contributed by atoms with E-state index in [1.54, 1.807) is 0 Å². The summed E-state index contributed by atoms with van der Waals surface area (Å²) in [4.78, 5) is 9.78. The Morgan fingerprint density at radius 3 is 2.00 bits per heavy atom. The Hall–Kier alpha value is 0.0800. The van der Waals surface area contributed by atoms with E-state index in [9.17, 15) is 4.79 Å². The van der Waals surface area contributed by atoms with Crippen molar-refractivity contribution in [3.8, 4) is 0 Å². The number of rotatable bonds is 1. The van der Waals surface area contributed by atoms with E-state index in [4.69, 9.17) is 39.9 Å². The van der Waals surface area contributed by atoms with Gasteiger partial charge in [-0.25, -0.2) is 4.79 Å². The molecule has 0 rings (SSSR count). The highest BCUT2D eigenvalue weighted by atomic mass is 35.6. The number of aliphatic carboxylic acids is 1. The second kappa shape index (κ2) is 3.30. The molecule has 0 aliphatic carbocycles. The Bertz CT molecular complexity index is 135. The number of allylic oxidation sites excluding steroid dienone is 1. The molecule has 2 nitrogen and oxygen atoms in total. The van der Waals surface area contributed by atoms with E-state index in [1.807, 2.05) is 0 Å². The molecular weight excluding hydrogens is 186 g/mol. The molecule has 0 bridgehead atoms. The maximum Gasteiger partial charge on any atom is 0.328 e. The first kappa shape index (κ1) is 9.08. The summed E-state index contributed by atoms with van der Waals surface area (Å²) in [5.41, 5.74) is 0. The number of hydrogen-bond acceptors (Lipinski definition) is 1. The maximum atomic E-state index is 9.78. The van der Waals surface area contributed by atoms with Crippen molar-refractivity contribution < 1.29 is 9.90 Å². The van der Waals surface area contributed by atoms with Crippen LogP contribution in [-0.4, -0.2) is 14.9 Å². The quantitative estimate of drug-likeness (QED) is 0.506.